The number of aliphatic hydroxyl groups excluding tert-OH is 1. The molecule has 0 saturated heterocycles. The van der Waals surface area contributed by atoms with Gasteiger partial charge < -0.3 is 5.11 Å². The van der Waals surface area contributed by atoms with E-state index in [9.17, 15) is 5.11 Å². The molecule has 2 rings (SSSR count). The number of benzene rings is 2. The molecule has 0 aromatic heterocycles. The summed E-state index contributed by atoms with van der Waals surface area (Å²) < 4.78 is 0. The van der Waals surface area contributed by atoms with Gasteiger partial charge in [0.25, 0.3) is 0 Å². The summed E-state index contributed by atoms with van der Waals surface area (Å²) in [7, 11) is 0. The minimum atomic E-state index is -0.349. The second-order valence-electron chi connectivity index (χ2n) is 4.92. The van der Waals surface area contributed by atoms with Crippen molar-refractivity contribution in [3.05, 3.63) is 59.2 Å². The lowest BCUT2D eigenvalue weighted by Gasteiger charge is -2.10. The van der Waals surface area contributed by atoms with Crippen molar-refractivity contribution in [3.63, 3.8) is 0 Å². The Morgan fingerprint density at radius 1 is 0.889 bits per heavy atom. The standard InChI is InChI=1S/C17H20O/c1-4-17(18)15-7-5-14(6-8-15)16-10-12(2)9-13(3)11-16/h5-11,17-18H,4H2,1-3H3/t17-/m0/s1. The summed E-state index contributed by atoms with van der Waals surface area (Å²) in [6.45, 7) is 6.22. The highest BCUT2D eigenvalue weighted by atomic mass is 16.3. The second kappa shape index (κ2) is 5.36. The van der Waals surface area contributed by atoms with Crippen molar-refractivity contribution in [2.75, 3.05) is 0 Å². The lowest BCUT2D eigenvalue weighted by molar-refractivity contribution is 0.173. The maximum atomic E-state index is 9.78. The molecule has 1 atom stereocenters. The zero-order valence-electron chi connectivity index (χ0n) is 11.3. The van der Waals surface area contributed by atoms with Crippen molar-refractivity contribution in [2.24, 2.45) is 0 Å². The molecule has 0 heterocycles. The lowest BCUT2D eigenvalue weighted by Crippen LogP contribution is -1.94. The molecule has 18 heavy (non-hydrogen) atoms. The molecule has 1 nitrogen and oxygen atoms in total. The first kappa shape index (κ1) is 12.8. The summed E-state index contributed by atoms with van der Waals surface area (Å²) in [5, 5.41) is 9.78. The highest BCUT2D eigenvalue weighted by Gasteiger charge is 2.05. The maximum absolute atomic E-state index is 9.78. The van der Waals surface area contributed by atoms with Crippen LogP contribution >= 0.6 is 0 Å². The Morgan fingerprint density at radius 2 is 1.44 bits per heavy atom. The number of hydrogen-bond acceptors (Lipinski definition) is 1. The van der Waals surface area contributed by atoms with Gasteiger partial charge in [0.1, 0.15) is 0 Å². The van der Waals surface area contributed by atoms with Gasteiger partial charge in [0.15, 0.2) is 0 Å². The highest BCUT2D eigenvalue weighted by Crippen LogP contribution is 2.24. The molecule has 0 spiro atoms. The summed E-state index contributed by atoms with van der Waals surface area (Å²) in [5.74, 6) is 0. The molecule has 0 aliphatic rings. The first-order valence-electron chi connectivity index (χ1n) is 6.47. The number of aryl methyl sites for hydroxylation is 2. The largest absolute Gasteiger partial charge is 0.388 e. The van der Waals surface area contributed by atoms with E-state index >= 15 is 0 Å². The van der Waals surface area contributed by atoms with Crippen molar-refractivity contribution in [1.29, 1.82) is 0 Å². The monoisotopic (exact) mass is 240 g/mol. The highest BCUT2D eigenvalue weighted by molar-refractivity contribution is 5.65. The van der Waals surface area contributed by atoms with E-state index in [0.717, 1.165) is 12.0 Å². The molecule has 1 N–H and O–H groups in total. The van der Waals surface area contributed by atoms with Crippen LogP contribution < -0.4 is 0 Å². The van der Waals surface area contributed by atoms with Gasteiger partial charge in [-0.25, -0.2) is 0 Å². The molecule has 1 heteroatoms. The molecular weight excluding hydrogens is 220 g/mol. The van der Waals surface area contributed by atoms with E-state index in [-0.39, 0.29) is 6.10 Å². The fourth-order valence-electron chi connectivity index (χ4n) is 2.27. The Hall–Kier alpha value is -1.60. The minimum absolute atomic E-state index is 0.349. The molecule has 94 valence electrons. The Bertz CT molecular complexity index is 506. The van der Waals surface area contributed by atoms with Crippen molar-refractivity contribution in [3.8, 4) is 11.1 Å². The van der Waals surface area contributed by atoms with Crippen molar-refractivity contribution < 1.29 is 5.11 Å². The van der Waals surface area contributed by atoms with Gasteiger partial charge in [0.2, 0.25) is 0 Å². The van der Waals surface area contributed by atoms with Crippen LogP contribution in [0.4, 0.5) is 0 Å². The SMILES string of the molecule is CC[C@H](O)c1ccc(-c2cc(C)cc(C)c2)cc1. The summed E-state index contributed by atoms with van der Waals surface area (Å²) in [5.41, 5.74) is 6.00. The molecule has 0 aliphatic carbocycles. The summed E-state index contributed by atoms with van der Waals surface area (Å²) in [6.07, 6.45) is 0.404. The van der Waals surface area contributed by atoms with Crippen LogP contribution in [-0.2, 0) is 0 Å². The van der Waals surface area contributed by atoms with Crippen LogP contribution in [0, 0.1) is 13.8 Å². The van der Waals surface area contributed by atoms with Crippen molar-refractivity contribution in [2.45, 2.75) is 33.3 Å². The van der Waals surface area contributed by atoms with Gasteiger partial charge in [-0.15, -0.1) is 0 Å². The van der Waals surface area contributed by atoms with E-state index in [4.69, 9.17) is 0 Å². The zero-order valence-corrected chi connectivity index (χ0v) is 11.3. The average molecular weight is 240 g/mol. The van der Waals surface area contributed by atoms with E-state index in [1.54, 1.807) is 0 Å². The number of aliphatic hydroxyl groups is 1. The smallest absolute Gasteiger partial charge is 0.0787 e. The quantitative estimate of drug-likeness (QED) is 0.842. The first-order chi connectivity index (χ1) is 8.60. The molecule has 0 unspecified atom stereocenters. The molecule has 0 aliphatic heterocycles. The third-order valence-corrected chi connectivity index (χ3v) is 3.24. The van der Waals surface area contributed by atoms with E-state index < -0.39 is 0 Å². The van der Waals surface area contributed by atoms with Crippen LogP contribution in [0.25, 0.3) is 11.1 Å². The van der Waals surface area contributed by atoms with Gasteiger partial charge in [-0.1, -0.05) is 60.5 Å². The molecule has 0 fully saturated rings. The van der Waals surface area contributed by atoms with Crippen LogP contribution in [0.5, 0.6) is 0 Å². The zero-order chi connectivity index (χ0) is 13.1. The minimum Gasteiger partial charge on any atom is -0.388 e. The molecule has 2 aromatic rings. The van der Waals surface area contributed by atoms with Gasteiger partial charge in [-0.2, -0.15) is 0 Å². The normalized spacial score (nSPS) is 12.4. The Labute approximate surface area is 109 Å². The fourth-order valence-corrected chi connectivity index (χ4v) is 2.27. The maximum Gasteiger partial charge on any atom is 0.0787 e. The van der Waals surface area contributed by atoms with E-state index in [1.165, 1.54) is 22.3 Å². The molecule has 0 bridgehead atoms. The Balaban J connectivity index is 2.34. The average Bonchev–Trinajstić information content (AvgIpc) is 2.37. The predicted molar refractivity (Wildman–Crippen MR) is 76.6 cm³/mol. The van der Waals surface area contributed by atoms with Gasteiger partial charge in [-0.05, 0) is 37.0 Å². The van der Waals surface area contributed by atoms with Crippen LogP contribution in [0.15, 0.2) is 42.5 Å². The van der Waals surface area contributed by atoms with E-state index in [0.29, 0.717) is 0 Å². The van der Waals surface area contributed by atoms with Gasteiger partial charge >= 0.3 is 0 Å². The number of rotatable bonds is 3. The van der Waals surface area contributed by atoms with Gasteiger partial charge in [-0.3, -0.25) is 0 Å². The van der Waals surface area contributed by atoms with Crippen molar-refractivity contribution in [1.82, 2.24) is 0 Å². The lowest BCUT2D eigenvalue weighted by atomic mass is 9.98. The van der Waals surface area contributed by atoms with E-state index in [1.807, 2.05) is 19.1 Å². The van der Waals surface area contributed by atoms with Crippen LogP contribution in [0.2, 0.25) is 0 Å². The molecule has 0 radical (unpaired) electrons. The first-order valence-corrected chi connectivity index (χ1v) is 6.47. The van der Waals surface area contributed by atoms with Gasteiger partial charge in [0, 0.05) is 0 Å². The summed E-state index contributed by atoms with van der Waals surface area (Å²) in [4.78, 5) is 0. The van der Waals surface area contributed by atoms with Crippen LogP contribution in [-0.4, -0.2) is 5.11 Å². The topological polar surface area (TPSA) is 20.2 Å². The third-order valence-electron chi connectivity index (χ3n) is 3.24. The third kappa shape index (κ3) is 2.80. The summed E-state index contributed by atoms with van der Waals surface area (Å²) in [6, 6.07) is 14.8. The van der Waals surface area contributed by atoms with Crippen LogP contribution in [0.1, 0.15) is 36.1 Å². The molecular formula is C17H20O. The Kier molecular flexibility index (Phi) is 3.83. The van der Waals surface area contributed by atoms with Crippen molar-refractivity contribution >= 4 is 0 Å². The Morgan fingerprint density at radius 3 is 1.94 bits per heavy atom. The summed E-state index contributed by atoms with van der Waals surface area (Å²) >= 11 is 0. The molecule has 2 aromatic carbocycles. The van der Waals surface area contributed by atoms with Gasteiger partial charge in [0.05, 0.1) is 6.10 Å². The van der Waals surface area contributed by atoms with Crippen LogP contribution in [0.3, 0.4) is 0 Å². The second-order valence-corrected chi connectivity index (χ2v) is 4.92. The van der Waals surface area contributed by atoms with E-state index in [2.05, 4.69) is 44.2 Å². The number of hydrogen-bond donors (Lipinski definition) is 1. The molecule has 0 saturated carbocycles. The fraction of sp³-hybridized carbons (Fsp3) is 0.294. The predicted octanol–water partition coefficient (Wildman–Crippen LogP) is 4.41. The molecule has 0 amide bonds.